The maximum Gasteiger partial charge on any atom is 0.162 e. The van der Waals surface area contributed by atoms with Crippen molar-refractivity contribution in [2.24, 2.45) is 0 Å². The largest absolute Gasteiger partial charge is 0.490 e. The molecule has 1 unspecified atom stereocenters. The van der Waals surface area contributed by atoms with Crippen LogP contribution in [0.5, 0.6) is 11.5 Å². The SMILES string of the molecule is CCOc1cc(CNCC2CCCO2)c(Br)cc1OCc1c(Cl)cccc1Cl. The summed E-state index contributed by atoms with van der Waals surface area (Å²) in [4.78, 5) is 0. The summed E-state index contributed by atoms with van der Waals surface area (Å²) in [6.07, 6.45) is 2.58. The molecule has 1 heterocycles. The van der Waals surface area contributed by atoms with Gasteiger partial charge in [-0.2, -0.15) is 0 Å². The molecule has 3 rings (SSSR count). The fraction of sp³-hybridized carbons (Fsp3) is 0.429. The van der Waals surface area contributed by atoms with E-state index in [1.807, 2.05) is 25.1 Å². The van der Waals surface area contributed by atoms with E-state index in [1.165, 1.54) is 0 Å². The van der Waals surface area contributed by atoms with E-state index in [0.717, 1.165) is 48.1 Å². The van der Waals surface area contributed by atoms with Gasteiger partial charge in [0.2, 0.25) is 0 Å². The monoisotopic (exact) mass is 487 g/mol. The van der Waals surface area contributed by atoms with Gasteiger partial charge in [-0.15, -0.1) is 0 Å². The summed E-state index contributed by atoms with van der Waals surface area (Å²) in [5.41, 5.74) is 1.86. The number of hydrogen-bond donors (Lipinski definition) is 1. The zero-order valence-electron chi connectivity index (χ0n) is 15.8. The van der Waals surface area contributed by atoms with Crippen LogP contribution in [0.3, 0.4) is 0 Å². The Morgan fingerprint density at radius 3 is 2.61 bits per heavy atom. The van der Waals surface area contributed by atoms with Gasteiger partial charge in [0.25, 0.3) is 0 Å². The first kappa shape index (κ1) is 21.7. The van der Waals surface area contributed by atoms with Crippen molar-refractivity contribution in [1.82, 2.24) is 5.32 Å². The highest BCUT2D eigenvalue weighted by Crippen LogP contribution is 2.35. The molecule has 0 radical (unpaired) electrons. The molecule has 1 atom stereocenters. The lowest BCUT2D eigenvalue weighted by Crippen LogP contribution is -2.25. The smallest absolute Gasteiger partial charge is 0.162 e. The summed E-state index contributed by atoms with van der Waals surface area (Å²) in [7, 11) is 0. The van der Waals surface area contributed by atoms with Crippen LogP contribution in [0.15, 0.2) is 34.8 Å². The average molecular weight is 489 g/mol. The van der Waals surface area contributed by atoms with Crippen molar-refractivity contribution in [2.45, 2.75) is 39.0 Å². The molecular formula is C21H24BrCl2NO3. The normalized spacial score (nSPS) is 16.4. The van der Waals surface area contributed by atoms with E-state index in [1.54, 1.807) is 12.1 Å². The predicted octanol–water partition coefficient (Wildman–Crippen LogP) is 6.00. The third kappa shape index (κ3) is 5.77. The summed E-state index contributed by atoms with van der Waals surface area (Å²) < 4.78 is 18.4. The van der Waals surface area contributed by atoms with Gasteiger partial charge in [0.1, 0.15) is 6.61 Å². The highest BCUT2D eigenvalue weighted by Gasteiger charge is 2.16. The number of nitrogens with one attached hydrogen (secondary N) is 1. The van der Waals surface area contributed by atoms with Crippen LogP contribution in [-0.2, 0) is 17.9 Å². The van der Waals surface area contributed by atoms with Gasteiger partial charge in [-0.25, -0.2) is 0 Å². The highest BCUT2D eigenvalue weighted by molar-refractivity contribution is 9.10. The highest BCUT2D eigenvalue weighted by atomic mass is 79.9. The lowest BCUT2D eigenvalue weighted by atomic mass is 10.2. The minimum absolute atomic E-state index is 0.266. The van der Waals surface area contributed by atoms with Gasteiger partial charge in [-0.05, 0) is 49.6 Å². The second kappa shape index (κ2) is 10.7. The summed E-state index contributed by atoms with van der Waals surface area (Å²) in [6.45, 7) is 5.20. The van der Waals surface area contributed by atoms with Gasteiger partial charge >= 0.3 is 0 Å². The lowest BCUT2D eigenvalue weighted by Gasteiger charge is -2.17. The number of hydrogen-bond acceptors (Lipinski definition) is 4. The summed E-state index contributed by atoms with van der Waals surface area (Å²) in [5.74, 6) is 1.34. The van der Waals surface area contributed by atoms with Crippen LogP contribution in [-0.4, -0.2) is 25.9 Å². The number of ether oxygens (including phenoxy) is 3. The Labute approximate surface area is 184 Å². The van der Waals surface area contributed by atoms with Crippen LogP contribution >= 0.6 is 39.1 Å². The molecule has 152 valence electrons. The third-order valence-electron chi connectivity index (χ3n) is 4.56. The van der Waals surface area contributed by atoms with Crippen molar-refractivity contribution in [3.63, 3.8) is 0 Å². The van der Waals surface area contributed by atoms with Gasteiger partial charge in [0.05, 0.1) is 12.7 Å². The zero-order valence-corrected chi connectivity index (χ0v) is 18.9. The minimum atomic E-state index is 0.266. The zero-order chi connectivity index (χ0) is 19.9. The number of rotatable bonds is 9. The first-order valence-corrected chi connectivity index (χ1v) is 11.0. The molecular weight excluding hydrogens is 465 g/mol. The Balaban J connectivity index is 1.69. The molecule has 0 aromatic heterocycles. The molecule has 2 aromatic carbocycles. The number of halogens is 3. The van der Waals surface area contributed by atoms with Crippen LogP contribution in [0.4, 0.5) is 0 Å². The van der Waals surface area contributed by atoms with E-state index in [-0.39, 0.29) is 6.61 Å². The molecule has 0 amide bonds. The Morgan fingerprint density at radius 1 is 1.18 bits per heavy atom. The van der Waals surface area contributed by atoms with Crippen LogP contribution in [0.1, 0.15) is 30.9 Å². The Hall–Kier alpha value is -0.980. The van der Waals surface area contributed by atoms with Gasteiger partial charge in [0.15, 0.2) is 11.5 Å². The van der Waals surface area contributed by atoms with Crippen LogP contribution in [0.25, 0.3) is 0 Å². The van der Waals surface area contributed by atoms with Gasteiger partial charge in [0, 0.05) is 39.8 Å². The van der Waals surface area contributed by atoms with E-state index in [4.69, 9.17) is 37.4 Å². The maximum atomic E-state index is 6.24. The van der Waals surface area contributed by atoms with Gasteiger partial charge in [-0.3, -0.25) is 0 Å². The van der Waals surface area contributed by atoms with Gasteiger partial charge in [-0.1, -0.05) is 45.2 Å². The van der Waals surface area contributed by atoms with E-state index in [0.29, 0.717) is 34.3 Å². The molecule has 28 heavy (non-hydrogen) atoms. The molecule has 0 saturated carbocycles. The standard InChI is InChI=1S/C21H24BrCl2NO3/c1-2-26-20-9-14(11-25-12-15-5-4-8-27-15)17(22)10-21(20)28-13-16-18(23)6-3-7-19(16)24/h3,6-7,9-10,15,25H,2,4-5,8,11-13H2,1H3. The third-order valence-corrected chi connectivity index (χ3v) is 6.00. The summed E-state index contributed by atoms with van der Waals surface area (Å²) in [6, 6.07) is 9.34. The average Bonchev–Trinajstić information content (AvgIpc) is 3.18. The van der Waals surface area contributed by atoms with Crippen molar-refractivity contribution in [3.8, 4) is 11.5 Å². The minimum Gasteiger partial charge on any atom is -0.490 e. The molecule has 1 N–H and O–H groups in total. The van der Waals surface area contributed by atoms with Crippen molar-refractivity contribution < 1.29 is 14.2 Å². The van der Waals surface area contributed by atoms with E-state index in [9.17, 15) is 0 Å². The molecule has 2 aromatic rings. The van der Waals surface area contributed by atoms with E-state index < -0.39 is 0 Å². The fourth-order valence-electron chi connectivity index (χ4n) is 3.09. The molecule has 1 aliphatic heterocycles. The molecule has 0 aliphatic carbocycles. The van der Waals surface area contributed by atoms with Crippen molar-refractivity contribution in [1.29, 1.82) is 0 Å². The Morgan fingerprint density at radius 2 is 1.93 bits per heavy atom. The maximum absolute atomic E-state index is 6.24. The fourth-order valence-corrected chi connectivity index (χ4v) is 4.06. The van der Waals surface area contributed by atoms with Crippen molar-refractivity contribution in [3.05, 3.63) is 56.0 Å². The second-order valence-corrected chi connectivity index (χ2v) is 8.25. The molecule has 1 saturated heterocycles. The first-order chi connectivity index (χ1) is 13.6. The Bertz CT molecular complexity index is 777. The lowest BCUT2D eigenvalue weighted by molar-refractivity contribution is 0.110. The summed E-state index contributed by atoms with van der Waals surface area (Å²) in [5, 5.41) is 4.63. The Kier molecular flexibility index (Phi) is 8.30. The van der Waals surface area contributed by atoms with Crippen LogP contribution in [0.2, 0.25) is 10.0 Å². The van der Waals surface area contributed by atoms with Crippen LogP contribution in [0, 0.1) is 0 Å². The van der Waals surface area contributed by atoms with Crippen molar-refractivity contribution in [2.75, 3.05) is 19.8 Å². The van der Waals surface area contributed by atoms with Crippen LogP contribution < -0.4 is 14.8 Å². The predicted molar refractivity (Wildman–Crippen MR) is 117 cm³/mol. The molecule has 7 heteroatoms. The van der Waals surface area contributed by atoms with E-state index in [2.05, 4.69) is 21.2 Å². The number of benzene rings is 2. The molecule has 0 spiro atoms. The second-order valence-electron chi connectivity index (χ2n) is 6.58. The first-order valence-electron chi connectivity index (χ1n) is 9.41. The van der Waals surface area contributed by atoms with E-state index >= 15 is 0 Å². The molecule has 1 aliphatic rings. The molecule has 4 nitrogen and oxygen atoms in total. The van der Waals surface area contributed by atoms with Crippen molar-refractivity contribution >= 4 is 39.1 Å². The topological polar surface area (TPSA) is 39.7 Å². The summed E-state index contributed by atoms with van der Waals surface area (Å²) >= 11 is 16.1. The quantitative estimate of drug-likeness (QED) is 0.469. The molecule has 0 bridgehead atoms. The molecule has 1 fully saturated rings. The van der Waals surface area contributed by atoms with Gasteiger partial charge < -0.3 is 19.5 Å².